The minimum Gasteiger partial charge on any atom is -0.475 e. The lowest BCUT2D eigenvalue weighted by molar-refractivity contribution is 0.0659. The highest BCUT2D eigenvalue weighted by Crippen LogP contribution is 2.26. The molecule has 2 heterocycles. The Hall–Kier alpha value is -2.90. The van der Waals surface area contributed by atoms with Crippen molar-refractivity contribution in [2.24, 2.45) is 0 Å². The summed E-state index contributed by atoms with van der Waals surface area (Å²) in [5, 5.41) is 11.4. The van der Waals surface area contributed by atoms with Gasteiger partial charge < -0.3 is 19.7 Å². The van der Waals surface area contributed by atoms with Crippen molar-refractivity contribution in [1.82, 2.24) is 5.32 Å². The minimum atomic E-state index is -1.27. The molecule has 0 unspecified atom stereocenters. The number of anilines is 1. The third kappa shape index (κ3) is 3.08. The zero-order valence-electron chi connectivity index (χ0n) is 12.5. The van der Waals surface area contributed by atoms with E-state index < -0.39 is 23.5 Å². The number of rotatable bonds is 4. The molecule has 126 valence electrons. The van der Waals surface area contributed by atoms with E-state index in [2.05, 4.69) is 5.32 Å². The van der Waals surface area contributed by atoms with E-state index in [1.165, 1.54) is 35.2 Å². The molecule has 1 saturated heterocycles. The first-order chi connectivity index (χ1) is 11.5. The molecule has 0 aliphatic carbocycles. The smallest absolute Gasteiger partial charge is 0.371 e. The van der Waals surface area contributed by atoms with Crippen molar-refractivity contribution >= 4 is 17.6 Å². The average Bonchev–Trinajstić information content (AvgIpc) is 3.16. The number of nitrogens with zero attached hydrogens (tertiary/aromatic N) is 1. The van der Waals surface area contributed by atoms with Crippen LogP contribution >= 0.6 is 0 Å². The van der Waals surface area contributed by atoms with Crippen LogP contribution in [0.3, 0.4) is 0 Å². The topological polar surface area (TPSA) is 82.8 Å². The fraction of sp³-hybridized carbons (Fsp3) is 0.250. The maximum Gasteiger partial charge on any atom is 0.371 e. The van der Waals surface area contributed by atoms with E-state index >= 15 is 0 Å². The minimum absolute atomic E-state index is 0.111. The number of hydrogen-bond acceptors (Lipinski definition) is 4. The molecule has 1 aliphatic rings. The number of carbonyl (C=O) groups excluding carboxylic acids is 1. The summed E-state index contributed by atoms with van der Waals surface area (Å²) in [5.41, 5.74) is -0.111. The number of nitrogens with one attached hydrogen (secondary N) is 1. The fourth-order valence-corrected chi connectivity index (χ4v) is 2.70. The van der Waals surface area contributed by atoms with E-state index in [9.17, 15) is 18.4 Å². The number of halogens is 2. The maximum atomic E-state index is 13.8. The number of furan rings is 1. The molecule has 8 heteroatoms. The molecule has 1 fully saturated rings. The van der Waals surface area contributed by atoms with E-state index in [1.54, 1.807) is 0 Å². The van der Waals surface area contributed by atoms with Crippen LogP contribution in [-0.4, -0.2) is 36.1 Å². The number of para-hydroxylation sites is 1. The van der Waals surface area contributed by atoms with Gasteiger partial charge in [-0.05, 0) is 30.7 Å². The summed E-state index contributed by atoms with van der Waals surface area (Å²) in [6.45, 7) is 0.636. The van der Waals surface area contributed by atoms with Crippen molar-refractivity contribution in [3.05, 3.63) is 53.5 Å². The first-order valence-electron chi connectivity index (χ1n) is 7.28. The highest BCUT2D eigenvalue weighted by atomic mass is 19.1. The van der Waals surface area contributed by atoms with Gasteiger partial charge in [-0.2, -0.15) is 0 Å². The molecule has 0 bridgehead atoms. The van der Waals surface area contributed by atoms with Crippen LogP contribution in [0.2, 0.25) is 0 Å². The van der Waals surface area contributed by atoms with Crippen molar-refractivity contribution in [1.29, 1.82) is 0 Å². The molecule has 24 heavy (non-hydrogen) atoms. The second-order valence-electron chi connectivity index (χ2n) is 5.44. The van der Waals surface area contributed by atoms with E-state index in [1.807, 2.05) is 0 Å². The van der Waals surface area contributed by atoms with Crippen LogP contribution in [0.5, 0.6) is 0 Å². The van der Waals surface area contributed by atoms with E-state index in [4.69, 9.17) is 9.52 Å². The predicted molar refractivity (Wildman–Crippen MR) is 80.1 cm³/mol. The summed E-state index contributed by atoms with van der Waals surface area (Å²) in [4.78, 5) is 24.3. The molecule has 6 nitrogen and oxygen atoms in total. The summed E-state index contributed by atoms with van der Waals surface area (Å²) in [6, 6.07) is 5.78. The highest BCUT2D eigenvalue weighted by molar-refractivity contribution is 5.93. The Balaban J connectivity index is 1.65. The number of hydrogen-bond donors (Lipinski definition) is 2. The van der Waals surface area contributed by atoms with Gasteiger partial charge in [0.25, 0.3) is 5.91 Å². The highest BCUT2D eigenvalue weighted by Gasteiger charge is 2.28. The number of benzene rings is 1. The SMILES string of the molecule is O=C(O)c1ccc(C(=O)N[C@H]2CCN(c3c(F)cccc3F)C2)o1. The monoisotopic (exact) mass is 336 g/mol. The Bertz CT molecular complexity index is 770. The molecule has 1 aromatic carbocycles. The zero-order valence-corrected chi connectivity index (χ0v) is 12.5. The Morgan fingerprint density at radius 1 is 1.17 bits per heavy atom. The maximum absolute atomic E-state index is 13.8. The van der Waals surface area contributed by atoms with E-state index in [0.717, 1.165) is 0 Å². The van der Waals surface area contributed by atoms with Gasteiger partial charge in [0.05, 0.1) is 0 Å². The van der Waals surface area contributed by atoms with E-state index in [-0.39, 0.29) is 29.8 Å². The summed E-state index contributed by atoms with van der Waals surface area (Å²) < 4.78 is 32.5. The van der Waals surface area contributed by atoms with Crippen molar-refractivity contribution < 1.29 is 27.9 Å². The Kier molecular flexibility index (Phi) is 4.20. The Labute approximate surface area is 135 Å². The average molecular weight is 336 g/mol. The van der Waals surface area contributed by atoms with Gasteiger partial charge in [0.2, 0.25) is 5.76 Å². The van der Waals surface area contributed by atoms with Crippen LogP contribution < -0.4 is 10.2 Å². The number of carbonyl (C=O) groups is 2. The molecule has 1 amide bonds. The third-order valence-corrected chi connectivity index (χ3v) is 3.82. The molecule has 0 saturated carbocycles. The molecule has 1 aliphatic heterocycles. The fourth-order valence-electron chi connectivity index (χ4n) is 2.70. The van der Waals surface area contributed by atoms with Gasteiger partial charge in [-0.15, -0.1) is 0 Å². The van der Waals surface area contributed by atoms with Gasteiger partial charge in [0.15, 0.2) is 5.76 Å². The van der Waals surface area contributed by atoms with Gasteiger partial charge in [0.1, 0.15) is 17.3 Å². The van der Waals surface area contributed by atoms with Crippen LogP contribution in [0, 0.1) is 11.6 Å². The molecule has 0 spiro atoms. The van der Waals surface area contributed by atoms with Gasteiger partial charge in [-0.1, -0.05) is 6.07 Å². The molecule has 3 rings (SSSR count). The lowest BCUT2D eigenvalue weighted by atomic mass is 10.2. The quantitative estimate of drug-likeness (QED) is 0.895. The van der Waals surface area contributed by atoms with Gasteiger partial charge in [-0.25, -0.2) is 13.6 Å². The molecular formula is C16H14F2N2O4. The van der Waals surface area contributed by atoms with Crippen LogP contribution in [-0.2, 0) is 0 Å². The standard InChI is InChI=1S/C16H14F2N2O4/c17-10-2-1-3-11(18)14(10)20-7-6-9(8-20)19-15(21)12-4-5-13(24-12)16(22)23/h1-5,9H,6-8H2,(H,19,21)(H,22,23)/t9-/m0/s1. The van der Waals surface area contributed by atoms with E-state index in [0.29, 0.717) is 13.0 Å². The zero-order chi connectivity index (χ0) is 17.3. The van der Waals surface area contributed by atoms with Crippen LogP contribution in [0.4, 0.5) is 14.5 Å². The Morgan fingerprint density at radius 2 is 1.83 bits per heavy atom. The second kappa shape index (κ2) is 6.31. The molecule has 1 aromatic heterocycles. The van der Waals surface area contributed by atoms with Crippen LogP contribution in [0.15, 0.2) is 34.7 Å². The molecule has 2 aromatic rings. The lowest BCUT2D eigenvalue weighted by Gasteiger charge is -2.20. The first kappa shape index (κ1) is 16.0. The van der Waals surface area contributed by atoms with Crippen molar-refractivity contribution in [2.75, 3.05) is 18.0 Å². The van der Waals surface area contributed by atoms with Crippen LogP contribution in [0.25, 0.3) is 0 Å². The first-order valence-corrected chi connectivity index (χ1v) is 7.28. The Morgan fingerprint density at radius 3 is 2.46 bits per heavy atom. The van der Waals surface area contributed by atoms with Crippen molar-refractivity contribution in [3.63, 3.8) is 0 Å². The number of amides is 1. The number of carboxylic acid groups (broad SMARTS) is 1. The van der Waals surface area contributed by atoms with Crippen molar-refractivity contribution in [2.45, 2.75) is 12.5 Å². The summed E-state index contributed by atoms with van der Waals surface area (Å²) in [5.74, 6) is -3.60. The van der Waals surface area contributed by atoms with Gasteiger partial charge in [-0.3, -0.25) is 4.79 Å². The van der Waals surface area contributed by atoms with Gasteiger partial charge >= 0.3 is 5.97 Å². The normalized spacial score (nSPS) is 17.1. The summed E-state index contributed by atoms with van der Waals surface area (Å²) in [7, 11) is 0. The van der Waals surface area contributed by atoms with Crippen molar-refractivity contribution in [3.8, 4) is 0 Å². The largest absolute Gasteiger partial charge is 0.475 e. The summed E-state index contributed by atoms with van der Waals surface area (Å²) >= 11 is 0. The number of aromatic carboxylic acids is 1. The molecule has 1 atom stereocenters. The molecule has 2 N–H and O–H groups in total. The van der Waals surface area contributed by atoms with Gasteiger partial charge in [0, 0.05) is 19.1 Å². The second-order valence-corrected chi connectivity index (χ2v) is 5.44. The van der Waals surface area contributed by atoms with Crippen LogP contribution in [0.1, 0.15) is 27.5 Å². The predicted octanol–water partition coefficient (Wildman–Crippen LogP) is 2.26. The third-order valence-electron chi connectivity index (χ3n) is 3.82. The molecular weight excluding hydrogens is 322 g/mol. The lowest BCUT2D eigenvalue weighted by Crippen LogP contribution is -2.37. The summed E-state index contributed by atoms with van der Waals surface area (Å²) in [6.07, 6.45) is 0.506. The number of carboxylic acids is 1. The molecule has 0 radical (unpaired) electrons.